The number of nitrogens with one attached hydrogen (secondary N) is 1. The van der Waals surface area contributed by atoms with E-state index in [0.717, 1.165) is 17.1 Å². The highest BCUT2D eigenvalue weighted by Gasteiger charge is 2.13. The number of thioether (sulfide) groups is 1. The molecule has 0 spiro atoms. The number of aryl methyl sites for hydroxylation is 2. The first-order chi connectivity index (χ1) is 12.0. The van der Waals surface area contributed by atoms with Crippen molar-refractivity contribution in [3.8, 4) is 5.69 Å². The van der Waals surface area contributed by atoms with Crippen LogP contribution < -0.4 is 5.32 Å². The molecule has 0 radical (unpaired) electrons. The standard InChI is InChI=1S/C18H17FN4OS/c1-12-6-8-16(9-7-12)23-13(2)21-22-18(23)25-11-17(24)20-15-5-3-4-14(19)10-15/h3-10H,11H2,1-2H3,(H,20,24). The number of carbonyl (C=O) groups excluding carboxylic acids is 1. The summed E-state index contributed by atoms with van der Waals surface area (Å²) < 4.78 is 15.1. The molecule has 7 heteroatoms. The van der Waals surface area contributed by atoms with Gasteiger partial charge in [-0.3, -0.25) is 9.36 Å². The van der Waals surface area contributed by atoms with Crippen LogP contribution in [0.1, 0.15) is 11.4 Å². The monoisotopic (exact) mass is 356 g/mol. The summed E-state index contributed by atoms with van der Waals surface area (Å²) >= 11 is 1.28. The summed E-state index contributed by atoms with van der Waals surface area (Å²) in [5, 5.41) is 11.5. The van der Waals surface area contributed by atoms with Crippen LogP contribution in [0.25, 0.3) is 5.69 Å². The first-order valence-electron chi connectivity index (χ1n) is 7.70. The Morgan fingerprint density at radius 2 is 1.92 bits per heavy atom. The van der Waals surface area contributed by atoms with Gasteiger partial charge in [-0.05, 0) is 44.2 Å². The molecule has 128 valence electrons. The average molecular weight is 356 g/mol. The van der Waals surface area contributed by atoms with Gasteiger partial charge in [-0.25, -0.2) is 4.39 Å². The first kappa shape index (κ1) is 17.2. The van der Waals surface area contributed by atoms with Gasteiger partial charge in [0.05, 0.1) is 5.75 Å². The minimum absolute atomic E-state index is 0.153. The maximum Gasteiger partial charge on any atom is 0.234 e. The summed E-state index contributed by atoms with van der Waals surface area (Å²) in [6.07, 6.45) is 0. The molecule has 0 unspecified atom stereocenters. The van der Waals surface area contributed by atoms with Crippen molar-refractivity contribution in [1.29, 1.82) is 0 Å². The highest BCUT2D eigenvalue weighted by Crippen LogP contribution is 2.22. The average Bonchev–Trinajstić information content (AvgIpc) is 2.95. The molecule has 0 saturated heterocycles. The topological polar surface area (TPSA) is 59.8 Å². The van der Waals surface area contributed by atoms with E-state index in [2.05, 4.69) is 15.5 Å². The fourth-order valence-corrected chi connectivity index (χ4v) is 3.12. The Morgan fingerprint density at radius 1 is 1.16 bits per heavy atom. The molecule has 1 heterocycles. The van der Waals surface area contributed by atoms with Gasteiger partial charge in [0.15, 0.2) is 5.16 Å². The van der Waals surface area contributed by atoms with Gasteiger partial charge in [0, 0.05) is 11.4 Å². The zero-order chi connectivity index (χ0) is 17.8. The summed E-state index contributed by atoms with van der Waals surface area (Å²) in [5.41, 5.74) is 2.54. The lowest BCUT2D eigenvalue weighted by Crippen LogP contribution is -2.14. The summed E-state index contributed by atoms with van der Waals surface area (Å²) in [6, 6.07) is 13.8. The molecule has 3 rings (SSSR count). The Labute approximate surface area is 149 Å². The molecule has 0 fully saturated rings. The van der Waals surface area contributed by atoms with Gasteiger partial charge in [-0.2, -0.15) is 0 Å². The molecule has 1 aromatic heterocycles. The number of amides is 1. The van der Waals surface area contributed by atoms with Gasteiger partial charge in [-0.1, -0.05) is 35.5 Å². The van der Waals surface area contributed by atoms with Gasteiger partial charge in [0.25, 0.3) is 0 Å². The third-order valence-electron chi connectivity index (χ3n) is 3.53. The van der Waals surface area contributed by atoms with Gasteiger partial charge in [0.1, 0.15) is 11.6 Å². The van der Waals surface area contributed by atoms with Gasteiger partial charge in [0.2, 0.25) is 5.91 Å². The maximum atomic E-state index is 13.2. The maximum absolute atomic E-state index is 13.2. The molecule has 0 aliphatic heterocycles. The summed E-state index contributed by atoms with van der Waals surface area (Å²) in [5.74, 6) is 0.282. The summed E-state index contributed by atoms with van der Waals surface area (Å²) in [6.45, 7) is 3.89. The predicted molar refractivity (Wildman–Crippen MR) is 96.6 cm³/mol. The van der Waals surface area contributed by atoms with E-state index in [9.17, 15) is 9.18 Å². The Hall–Kier alpha value is -2.67. The zero-order valence-electron chi connectivity index (χ0n) is 13.9. The third-order valence-corrected chi connectivity index (χ3v) is 4.46. The highest BCUT2D eigenvalue weighted by molar-refractivity contribution is 7.99. The predicted octanol–water partition coefficient (Wildman–Crippen LogP) is 3.75. The molecule has 2 aromatic carbocycles. The summed E-state index contributed by atoms with van der Waals surface area (Å²) in [7, 11) is 0. The molecule has 3 aromatic rings. The van der Waals surface area contributed by atoms with Gasteiger partial charge >= 0.3 is 0 Å². The quantitative estimate of drug-likeness (QED) is 0.707. The molecule has 5 nitrogen and oxygen atoms in total. The van der Waals surface area contributed by atoms with Crippen LogP contribution in [-0.4, -0.2) is 26.4 Å². The number of hydrogen-bond donors (Lipinski definition) is 1. The lowest BCUT2D eigenvalue weighted by Gasteiger charge is -2.09. The van der Waals surface area contributed by atoms with Crippen LogP contribution in [0, 0.1) is 19.7 Å². The third kappa shape index (κ3) is 4.24. The van der Waals surface area contributed by atoms with Crippen LogP contribution in [-0.2, 0) is 4.79 Å². The second-order valence-electron chi connectivity index (χ2n) is 5.55. The minimum atomic E-state index is -0.389. The zero-order valence-corrected chi connectivity index (χ0v) is 14.7. The SMILES string of the molecule is Cc1ccc(-n2c(C)nnc2SCC(=O)Nc2cccc(F)c2)cc1. The molecule has 0 bridgehead atoms. The van der Waals surface area contributed by atoms with Crippen LogP contribution in [0.3, 0.4) is 0 Å². The van der Waals surface area contributed by atoms with E-state index in [-0.39, 0.29) is 17.5 Å². The van der Waals surface area contributed by atoms with Crippen molar-refractivity contribution in [2.24, 2.45) is 0 Å². The Kier molecular flexibility index (Phi) is 5.14. The van der Waals surface area contributed by atoms with E-state index in [1.807, 2.05) is 42.7 Å². The van der Waals surface area contributed by atoms with Crippen LogP contribution in [0.2, 0.25) is 0 Å². The largest absolute Gasteiger partial charge is 0.325 e. The van der Waals surface area contributed by atoms with Crippen molar-refractivity contribution in [2.45, 2.75) is 19.0 Å². The second-order valence-corrected chi connectivity index (χ2v) is 6.49. The molecule has 0 atom stereocenters. The molecule has 1 amide bonds. The van der Waals surface area contributed by atoms with Crippen LogP contribution >= 0.6 is 11.8 Å². The fraction of sp³-hybridized carbons (Fsp3) is 0.167. The smallest absolute Gasteiger partial charge is 0.234 e. The van der Waals surface area contributed by atoms with Crippen molar-refractivity contribution in [3.05, 3.63) is 65.7 Å². The van der Waals surface area contributed by atoms with Crippen LogP contribution in [0.15, 0.2) is 53.7 Å². The number of carbonyl (C=O) groups is 1. The summed E-state index contributed by atoms with van der Waals surface area (Å²) in [4.78, 5) is 12.1. The number of benzene rings is 2. The molecule has 0 aliphatic rings. The Morgan fingerprint density at radius 3 is 2.64 bits per heavy atom. The number of rotatable bonds is 5. The molecule has 1 N–H and O–H groups in total. The molecule has 0 aliphatic carbocycles. The van der Waals surface area contributed by atoms with Crippen molar-refractivity contribution in [2.75, 3.05) is 11.1 Å². The Bertz CT molecular complexity index is 892. The molecular formula is C18H17FN4OS. The lowest BCUT2D eigenvalue weighted by molar-refractivity contribution is -0.113. The van der Waals surface area contributed by atoms with E-state index < -0.39 is 0 Å². The Balaban J connectivity index is 1.69. The molecular weight excluding hydrogens is 339 g/mol. The van der Waals surface area contributed by atoms with E-state index in [1.165, 1.54) is 23.9 Å². The van der Waals surface area contributed by atoms with Crippen molar-refractivity contribution >= 4 is 23.4 Å². The molecule has 25 heavy (non-hydrogen) atoms. The second kappa shape index (κ2) is 7.48. The van der Waals surface area contributed by atoms with Gasteiger partial charge < -0.3 is 5.32 Å². The number of nitrogens with zero attached hydrogens (tertiary/aromatic N) is 3. The van der Waals surface area contributed by atoms with Crippen LogP contribution in [0.5, 0.6) is 0 Å². The van der Waals surface area contributed by atoms with E-state index in [4.69, 9.17) is 0 Å². The van der Waals surface area contributed by atoms with Crippen molar-refractivity contribution < 1.29 is 9.18 Å². The first-order valence-corrected chi connectivity index (χ1v) is 8.69. The van der Waals surface area contributed by atoms with E-state index in [0.29, 0.717) is 10.8 Å². The van der Waals surface area contributed by atoms with Crippen LogP contribution in [0.4, 0.5) is 10.1 Å². The van der Waals surface area contributed by atoms with E-state index >= 15 is 0 Å². The minimum Gasteiger partial charge on any atom is -0.325 e. The fourth-order valence-electron chi connectivity index (χ4n) is 2.32. The number of aromatic nitrogens is 3. The lowest BCUT2D eigenvalue weighted by atomic mass is 10.2. The molecule has 0 saturated carbocycles. The van der Waals surface area contributed by atoms with Crippen molar-refractivity contribution in [3.63, 3.8) is 0 Å². The van der Waals surface area contributed by atoms with E-state index in [1.54, 1.807) is 12.1 Å². The normalized spacial score (nSPS) is 10.7. The number of halogens is 1. The number of anilines is 1. The van der Waals surface area contributed by atoms with Gasteiger partial charge in [-0.15, -0.1) is 10.2 Å². The number of hydrogen-bond acceptors (Lipinski definition) is 4. The highest BCUT2D eigenvalue weighted by atomic mass is 32.2. The van der Waals surface area contributed by atoms with Crippen molar-refractivity contribution in [1.82, 2.24) is 14.8 Å².